The number of hydrogen-bond donors (Lipinski definition) is 1. The van der Waals surface area contributed by atoms with Gasteiger partial charge >= 0.3 is 5.97 Å². The standard InChI is InChI=1S/C11H15N3O3/c15-11(16)7-3-1-5-14-9(7)12-13-10(14)8-4-2-6-17-8/h7-8H,1-6H2,(H,15,16). The van der Waals surface area contributed by atoms with Gasteiger partial charge in [-0.05, 0) is 25.7 Å². The highest BCUT2D eigenvalue weighted by atomic mass is 16.5. The van der Waals surface area contributed by atoms with Crippen molar-refractivity contribution in [2.75, 3.05) is 6.61 Å². The van der Waals surface area contributed by atoms with E-state index in [9.17, 15) is 4.79 Å². The lowest BCUT2D eigenvalue weighted by atomic mass is 9.99. The van der Waals surface area contributed by atoms with Crippen LogP contribution in [0.1, 0.15) is 49.4 Å². The van der Waals surface area contributed by atoms with Gasteiger partial charge in [0.15, 0.2) is 5.82 Å². The van der Waals surface area contributed by atoms with Crippen LogP contribution in [0.5, 0.6) is 0 Å². The number of hydrogen-bond acceptors (Lipinski definition) is 4. The molecule has 0 spiro atoms. The van der Waals surface area contributed by atoms with Crippen molar-refractivity contribution in [1.29, 1.82) is 0 Å². The Kier molecular flexibility index (Phi) is 2.58. The predicted octanol–water partition coefficient (Wildman–Crippen LogP) is 1.09. The van der Waals surface area contributed by atoms with Crippen molar-refractivity contribution in [3.05, 3.63) is 11.6 Å². The molecule has 2 aliphatic heterocycles. The second kappa shape index (κ2) is 4.10. The minimum atomic E-state index is -0.808. The molecule has 92 valence electrons. The SMILES string of the molecule is O=C(O)C1CCCn2c(C3CCCO3)nnc21. The molecular formula is C11H15N3O3. The van der Waals surface area contributed by atoms with E-state index >= 15 is 0 Å². The number of carboxylic acid groups (broad SMARTS) is 1. The van der Waals surface area contributed by atoms with Gasteiger partial charge in [0, 0.05) is 13.2 Å². The lowest BCUT2D eigenvalue weighted by Crippen LogP contribution is -2.24. The van der Waals surface area contributed by atoms with Crippen LogP contribution < -0.4 is 0 Å². The maximum Gasteiger partial charge on any atom is 0.314 e. The zero-order valence-electron chi connectivity index (χ0n) is 9.50. The molecule has 1 aromatic heterocycles. The van der Waals surface area contributed by atoms with Crippen LogP contribution in [0.25, 0.3) is 0 Å². The van der Waals surface area contributed by atoms with E-state index in [2.05, 4.69) is 10.2 Å². The van der Waals surface area contributed by atoms with Crippen molar-refractivity contribution in [3.8, 4) is 0 Å². The van der Waals surface area contributed by atoms with E-state index in [4.69, 9.17) is 9.84 Å². The maximum atomic E-state index is 11.1. The van der Waals surface area contributed by atoms with E-state index < -0.39 is 11.9 Å². The summed E-state index contributed by atoms with van der Waals surface area (Å²) >= 11 is 0. The summed E-state index contributed by atoms with van der Waals surface area (Å²) in [6.45, 7) is 1.57. The highest BCUT2D eigenvalue weighted by molar-refractivity contribution is 5.75. The summed E-state index contributed by atoms with van der Waals surface area (Å²) < 4.78 is 7.53. The predicted molar refractivity (Wildman–Crippen MR) is 57.6 cm³/mol. The number of nitrogens with zero attached hydrogens (tertiary/aromatic N) is 3. The van der Waals surface area contributed by atoms with Crippen molar-refractivity contribution in [1.82, 2.24) is 14.8 Å². The van der Waals surface area contributed by atoms with Gasteiger partial charge in [-0.25, -0.2) is 0 Å². The van der Waals surface area contributed by atoms with Gasteiger partial charge in [0.2, 0.25) is 0 Å². The topological polar surface area (TPSA) is 77.2 Å². The summed E-state index contributed by atoms with van der Waals surface area (Å²) in [6, 6.07) is 0. The average molecular weight is 237 g/mol. The van der Waals surface area contributed by atoms with Crippen LogP contribution in [0, 0.1) is 0 Å². The molecule has 0 aromatic carbocycles. The number of aromatic nitrogens is 3. The van der Waals surface area contributed by atoms with Gasteiger partial charge < -0.3 is 14.4 Å². The molecule has 2 aliphatic rings. The molecule has 1 saturated heterocycles. The molecule has 0 amide bonds. The minimum absolute atomic E-state index is 0.00351. The van der Waals surface area contributed by atoms with Crippen molar-refractivity contribution in [2.45, 2.75) is 44.2 Å². The minimum Gasteiger partial charge on any atom is -0.481 e. The third-order valence-corrected chi connectivity index (χ3v) is 3.51. The third-order valence-electron chi connectivity index (χ3n) is 3.51. The Labute approximate surface area is 98.6 Å². The summed E-state index contributed by atoms with van der Waals surface area (Å²) in [5, 5.41) is 17.3. The summed E-state index contributed by atoms with van der Waals surface area (Å²) in [5.41, 5.74) is 0. The van der Waals surface area contributed by atoms with E-state index in [1.807, 2.05) is 4.57 Å². The number of ether oxygens (including phenoxy) is 1. The van der Waals surface area contributed by atoms with Gasteiger partial charge in [0.1, 0.15) is 17.8 Å². The van der Waals surface area contributed by atoms with Gasteiger partial charge in [-0.3, -0.25) is 4.79 Å². The van der Waals surface area contributed by atoms with Crippen molar-refractivity contribution < 1.29 is 14.6 Å². The molecule has 17 heavy (non-hydrogen) atoms. The van der Waals surface area contributed by atoms with E-state index in [0.717, 1.165) is 38.2 Å². The van der Waals surface area contributed by atoms with Crippen LogP contribution in [0.4, 0.5) is 0 Å². The second-order valence-corrected chi connectivity index (χ2v) is 4.60. The van der Waals surface area contributed by atoms with Gasteiger partial charge in [-0.15, -0.1) is 10.2 Å². The first-order valence-electron chi connectivity index (χ1n) is 6.05. The van der Waals surface area contributed by atoms with Crippen molar-refractivity contribution in [2.24, 2.45) is 0 Å². The monoisotopic (exact) mass is 237 g/mol. The molecule has 1 aromatic rings. The molecule has 0 aliphatic carbocycles. The Bertz CT molecular complexity index is 437. The zero-order valence-corrected chi connectivity index (χ0v) is 9.50. The first-order valence-corrected chi connectivity index (χ1v) is 6.05. The molecule has 6 nitrogen and oxygen atoms in total. The molecule has 1 fully saturated rings. The quantitative estimate of drug-likeness (QED) is 0.833. The van der Waals surface area contributed by atoms with Crippen molar-refractivity contribution in [3.63, 3.8) is 0 Å². The molecule has 0 saturated carbocycles. The molecular weight excluding hydrogens is 222 g/mol. The normalized spacial score (nSPS) is 28.0. The van der Waals surface area contributed by atoms with E-state index in [1.165, 1.54) is 0 Å². The fraction of sp³-hybridized carbons (Fsp3) is 0.727. The first-order chi connectivity index (χ1) is 8.27. The van der Waals surface area contributed by atoms with Gasteiger partial charge in [0.25, 0.3) is 0 Å². The van der Waals surface area contributed by atoms with Crippen LogP contribution in [-0.2, 0) is 16.1 Å². The Morgan fingerprint density at radius 3 is 2.82 bits per heavy atom. The molecule has 6 heteroatoms. The lowest BCUT2D eigenvalue weighted by molar-refractivity contribution is -0.139. The summed E-state index contributed by atoms with van der Waals surface area (Å²) in [7, 11) is 0. The number of aliphatic carboxylic acids is 1. The molecule has 2 unspecified atom stereocenters. The Hall–Kier alpha value is -1.43. The molecule has 1 N–H and O–H groups in total. The van der Waals surface area contributed by atoms with E-state index in [1.54, 1.807) is 0 Å². The van der Waals surface area contributed by atoms with Gasteiger partial charge in [0.05, 0.1) is 0 Å². The lowest BCUT2D eigenvalue weighted by Gasteiger charge is -2.21. The van der Waals surface area contributed by atoms with Crippen molar-refractivity contribution >= 4 is 5.97 Å². The summed E-state index contributed by atoms with van der Waals surface area (Å²) in [6.07, 6.45) is 3.51. The number of fused-ring (bicyclic) bond motifs is 1. The number of carbonyl (C=O) groups is 1. The Balaban J connectivity index is 1.95. The zero-order chi connectivity index (χ0) is 11.8. The second-order valence-electron chi connectivity index (χ2n) is 4.60. The fourth-order valence-corrected chi connectivity index (χ4v) is 2.65. The van der Waals surface area contributed by atoms with Crippen LogP contribution in [0.2, 0.25) is 0 Å². The third kappa shape index (κ3) is 1.72. The Morgan fingerprint density at radius 1 is 1.29 bits per heavy atom. The smallest absolute Gasteiger partial charge is 0.314 e. The first kappa shape index (κ1) is 10.7. The van der Waals surface area contributed by atoms with Crippen LogP contribution >= 0.6 is 0 Å². The van der Waals surface area contributed by atoms with Crippen LogP contribution in [0.3, 0.4) is 0 Å². The largest absolute Gasteiger partial charge is 0.481 e. The highest BCUT2D eigenvalue weighted by Gasteiger charge is 2.33. The number of rotatable bonds is 2. The molecule has 3 heterocycles. The summed E-state index contributed by atoms with van der Waals surface area (Å²) in [4.78, 5) is 11.1. The Morgan fingerprint density at radius 2 is 2.12 bits per heavy atom. The molecule has 2 atom stereocenters. The molecule has 0 bridgehead atoms. The molecule has 0 radical (unpaired) electrons. The number of carboxylic acids is 1. The van der Waals surface area contributed by atoms with Crippen LogP contribution in [-0.4, -0.2) is 32.4 Å². The average Bonchev–Trinajstić information content (AvgIpc) is 2.96. The van der Waals surface area contributed by atoms with Crippen LogP contribution in [0.15, 0.2) is 0 Å². The maximum absolute atomic E-state index is 11.1. The fourth-order valence-electron chi connectivity index (χ4n) is 2.65. The van der Waals surface area contributed by atoms with E-state index in [-0.39, 0.29) is 6.10 Å². The highest BCUT2D eigenvalue weighted by Crippen LogP contribution is 2.32. The van der Waals surface area contributed by atoms with Gasteiger partial charge in [-0.1, -0.05) is 0 Å². The van der Waals surface area contributed by atoms with E-state index in [0.29, 0.717) is 12.2 Å². The van der Waals surface area contributed by atoms with Gasteiger partial charge in [-0.2, -0.15) is 0 Å². The summed E-state index contributed by atoms with van der Waals surface area (Å²) in [5.74, 6) is 0.0846. The molecule has 3 rings (SSSR count).